The van der Waals surface area contributed by atoms with Crippen LogP contribution in [0.2, 0.25) is 0 Å². The van der Waals surface area contributed by atoms with Crippen molar-refractivity contribution in [2.45, 2.75) is 6.54 Å². The molecule has 0 heterocycles. The van der Waals surface area contributed by atoms with Crippen molar-refractivity contribution in [1.82, 2.24) is 5.73 Å². The van der Waals surface area contributed by atoms with Gasteiger partial charge in [-0.3, -0.25) is 0 Å². The lowest BCUT2D eigenvalue weighted by Crippen LogP contribution is -2.01. The Bertz CT molecular complexity index is 271. The van der Waals surface area contributed by atoms with Gasteiger partial charge in [0.2, 0.25) is 0 Å². The third-order valence-corrected chi connectivity index (χ3v) is 1.42. The zero-order valence-corrected chi connectivity index (χ0v) is 5.82. The Kier molecular flexibility index (Phi) is 2.23. The summed E-state index contributed by atoms with van der Waals surface area (Å²) in [7, 11) is 0. The normalized spacial score (nSPS) is 9.55. The van der Waals surface area contributed by atoms with Gasteiger partial charge in [0.15, 0.2) is 0 Å². The third-order valence-electron chi connectivity index (χ3n) is 1.42. The number of carboxylic acid groups (broad SMARTS) is 1. The first-order valence-electron chi connectivity index (χ1n) is 3.17. The summed E-state index contributed by atoms with van der Waals surface area (Å²) in [5, 5.41) is 8.59. The van der Waals surface area contributed by atoms with E-state index in [2.05, 4.69) is 0 Å². The van der Waals surface area contributed by atoms with Gasteiger partial charge in [-0.2, -0.15) is 0 Å². The van der Waals surface area contributed by atoms with E-state index in [0.29, 0.717) is 5.56 Å². The lowest BCUT2D eigenvalue weighted by Gasteiger charge is -1.99. The van der Waals surface area contributed by atoms with Gasteiger partial charge in [0, 0.05) is 0 Å². The quantitative estimate of drug-likeness (QED) is 0.680. The van der Waals surface area contributed by atoms with Gasteiger partial charge in [0.05, 0.1) is 12.1 Å². The van der Waals surface area contributed by atoms with E-state index in [-0.39, 0.29) is 12.1 Å². The molecule has 0 fully saturated rings. The molecule has 0 atom stereocenters. The smallest absolute Gasteiger partial charge is 0.336 e. The van der Waals surface area contributed by atoms with Gasteiger partial charge in [0.25, 0.3) is 0 Å². The summed E-state index contributed by atoms with van der Waals surface area (Å²) < 4.78 is 0. The number of carboxylic acids is 1. The molecule has 1 aromatic rings. The molecule has 0 aliphatic heterocycles. The zero-order valence-electron chi connectivity index (χ0n) is 5.82. The number of rotatable bonds is 2. The van der Waals surface area contributed by atoms with Gasteiger partial charge in [-0.25, -0.2) is 4.79 Å². The maximum atomic E-state index is 10.5. The highest BCUT2D eigenvalue weighted by atomic mass is 16.4. The Balaban J connectivity index is 3.12. The Morgan fingerprint density at radius 3 is 2.55 bits per heavy atom. The molecule has 0 bridgehead atoms. The van der Waals surface area contributed by atoms with Crippen LogP contribution in [-0.4, -0.2) is 11.1 Å². The number of benzene rings is 1. The van der Waals surface area contributed by atoms with Gasteiger partial charge in [-0.05, 0) is 11.6 Å². The van der Waals surface area contributed by atoms with E-state index in [1.54, 1.807) is 18.2 Å². The lowest BCUT2D eigenvalue weighted by atomic mass is 10.1. The molecule has 0 aromatic heterocycles. The summed E-state index contributed by atoms with van der Waals surface area (Å²) in [6.07, 6.45) is 0. The predicted octanol–water partition coefficient (Wildman–Crippen LogP) is 0.954. The monoisotopic (exact) mass is 149 g/mol. The number of hydrogen-bond acceptors (Lipinski definition) is 1. The highest BCUT2D eigenvalue weighted by molar-refractivity contribution is 5.89. The van der Waals surface area contributed by atoms with Gasteiger partial charge in [-0.1, -0.05) is 18.2 Å². The predicted molar refractivity (Wildman–Crippen MR) is 39.2 cm³/mol. The lowest BCUT2D eigenvalue weighted by molar-refractivity contribution is 0.0695. The Morgan fingerprint density at radius 2 is 2.09 bits per heavy atom. The standard InChI is InChI=1S/C8H7NO2/c9-5-6-3-1-2-4-7(6)8(10)11/h1-4H,5H2,(H,10,11). The number of aromatic carboxylic acids is 1. The van der Waals surface area contributed by atoms with Crippen LogP contribution in [-0.2, 0) is 6.54 Å². The zero-order chi connectivity index (χ0) is 8.27. The molecule has 0 aliphatic carbocycles. The summed E-state index contributed by atoms with van der Waals surface area (Å²) in [5.74, 6) is -1.00. The molecule has 2 radical (unpaired) electrons. The van der Waals surface area contributed by atoms with Crippen LogP contribution in [0.25, 0.3) is 0 Å². The summed E-state index contributed by atoms with van der Waals surface area (Å²) in [4.78, 5) is 10.5. The highest BCUT2D eigenvalue weighted by Gasteiger charge is 2.06. The summed E-state index contributed by atoms with van der Waals surface area (Å²) in [5.41, 5.74) is 9.31. The summed E-state index contributed by atoms with van der Waals surface area (Å²) >= 11 is 0. The fourth-order valence-electron chi connectivity index (χ4n) is 0.867. The van der Waals surface area contributed by atoms with Gasteiger partial charge in [-0.15, -0.1) is 5.73 Å². The maximum absolute atomic E-state index is 10.5. The molecule has 1 N–H and O–H groups in total. The van der Waals surface area contributed by atoms with Crippen LogP contribution in [0, 0.1) is 0 Å². The second-order valence-corrected chi connectivity index (χ2v) is 2.12. The summed E-state index contributed by atoms with van der Waals surface area (Å²) in [6, 6.07) is 6.37. The SMILES string of the molecule is [N]Cc1ccccc1C(=O)O. The maximum Gasteiger partial charge on any atom is 0.336 e. The van der Waals surface area contributed by atoms with Crippen molar-refractivity contribution in [1.29, 1.82) is 0 Å². The van der Waals surface area contributed by atoms with E-state index in [9.17, 15) is 4.79 Å². The molecule has 0 amide bonds. The van der Waals surface area contributed by atoms with Crippen molar-refractivity contribution in [3.8, 4) is 0 Å². The topological polar surface area (TPSA) is 59.6 Å². The second kappa shape index (κ2) is 3.16. The Labute approximate surface area is 64.5 Å². The van der Waals surface area contributed by atoms with Crippen LogP contribution in [0.4, 0.5) is 0 Å². The van der Waals surface area contributed by atoms with Crippen molar-refractivity contribution in [2.75, 3.05) is 0 Å². The van der Waals surface area contributed by atoms with Crippen LogP contribution in [0.1, 0.15) is 15.9 Å². The summed E-state index contributed by atoms with van der Waals surface area (Å²) in [6.45, 7) is -0.234. The van der Waals surface area contributed by atoms with E-state index < -0.39 is 5.97 Å². The van der Waals surface area contributed by atoms with E-state index in [4.69, 9.17) is 10.8 Å². The van der Waals surface area contributed by atoms with Gasteiger partial charge < -0.3 is 5.11 Å². The fraction of sp³-hybridized carbons (Fsp3) is 0.125. The van der Waals surface area contributed by atoms with E-state index in [1.165, 1.54) is 6.07 Å². The molecule has 11 heavy (non-hydrogen) atoms. The van der Waals surface area contributed by atoms with Crippen LogP contribution < -0.4 is 5.73 Å². The largest absolute Gasteiger partial charge is 0.478 e. The van der Waals surface area contributed by atoms with E-state index in [0.717, 1.165) is 0 Å². The minimum atomic E-state index is -1.00. The molecule has 1 aromatic carbocycles. The van der Waals surface area contributed by atoms with Gasteiger partial charge >= 0.3 is 5.97 Å². The number of carbonyl (C=O) groups is 1. The van der Waals surface area contributed by atoms with Crippen LogP contribution in [0.3, 0.4) is 0 Å². The van der Waals surface area contributed by atoms with Gasteiger partial charge in [0.1, 0.15) is 0 Å². The minimum Gasteiger partial charge on any atom is -0.478 e. The van der Waals surface area contributed by atoms with Crippen molar-refractivity contribution in [3.05, 3.63) is 35.4 Å². The molecule has 0 saturated heterocycles. The Hall–Kier alpha value is -1.35. The van der Waals surface area contributed by atoms with Crippen LogP contribution in [0.5, 0.6) is 0 Å². The average Bonchev–Trinajstić information content (AvgIpc) is 2.04. The first kappa shape index (κ1) is 7.75. The van der Waals surface area contributed by atoms with Crippen molar-refractivity contribution < 1.29 is 9.90 Å². The molecular formula is C8H7NO2. The highest BCUT2D eigenvalue weighted by Crippen LogP contribution is 2.07. The molecule has 0 saturated carbocycles. The first-order valence-corrected chi connectivity index (χ1v) is 3.17. The average molecular weight is 149 g/mol. The fourth-order valence-corrected chi connectivity index (χ4v) is 0.867. The molecule has 3 heteroatoms. The Morgan fingerprint density at radius 1 is 1.45 bits per heavy atom. The molecule has 0 spiro atoms. The molecule has 0 unspecified atom stereocenters. The number of hydrogen-bond donors (Lipinski definition) is 1. The molecule has 3 nitrogen and oxygen atoms in total. The molecule has 0 aliphatic rings. The second-order valence-electron chi connectivity index (χ2n) is 2.12. The van der Waals surface area contributed by atoms with E-state index in [1.807, 2.05) is 0 Å². The molecule has 1 rings (SSSR count). The third kappa shape index (κ3) is 1.56. The van der Waals surface area contributed by atoms with Crippen LogP contribution >= 0.6 is 0 Å². The van der Waals surface area contributed by atoms with Crippen LogP contribution in [0.15, 0.2) is 24.3 Å². The first-order chi connectivity index (χ1) is 5.25. The number of nitrogens with zero attached hydrogens (tertiary/aromatic N) is 1. The minimum absolute atomic E-state index is 0.162. The van der Waals surface area contributed by atoms with Crippen molar-refractivity contribution in [2.24, 2.45) is 0 Å². The van der Waals surface area contributed by atoms with Crippen molar-refractivity contribution >= 4 is 5.97 Å². The van der Waals surface area contributed by atoms with Crippen molar-refractivity contribution in [3.63, 3.8) is 0 Å². The van der Waals surface area contributed by atoms with E-state index >= 15 is 0 Å². The molecular weight excluding hydrogens is 142 g/mol. The molecule has 56 valence electrons.